The van der Waals surface area contributed by atoms with E-state index in [1.54, 1.807) is 0 Å². The SMILES string of the molecule is O=N[C@@H]1[C@H](Cl)[C@H]2C[C@@H]1[C@H]1[C@@H](Br)[C@@H](Br)C[C@H]21. The van der Waals surface area contributed by atoms with E-state index in [0.717, 1.165) is 6.42 Å². The molecule has 0 spiro atoms. The van der Waals surface area contributed by atoms with Gasteiger partial charge in [0.1, 0.15) is 6.04 Å². The molecule has 0 amide bonds. The zero-order valence-electron chi connectivity index (χ0n) is 8.02. The molecule has 8 atom stereocenters. The molecule has 84 valence electrons. The van der Waals surface area contributed by atoms with Crippen LogP contribution in [0.3, 0.4) is 0 Å². The summed E-state index contributed by atoms with van der Waals surface area (Å²) in [5.41, 5.74) is 0. The molecule has 0 N–H and O–H groups in total. The molecule has 0 unspecified atom stereocenters. The molecule has 0 heterocycles. The summed E-state index contributed by atoms with van der Waals surface area (Å²) < 4.78 is 0. The number of hydrogen-bond donors (Lipinski definition) is 0. The summed E-state index contributed by atoms with van der Waals surface area (Å²) in [5.74, 6) is 2.25. The van der Waals surface area contributed by atoms with E-state index in [2.05, 4.69) is 37.0 Å². The van der Waals surface area contributed by atoms with Gasteiger partial charge in [0.2, 0.25) is 0 Å². The van der Waals surface area contributed by atoms with E-state index in [-0.39, 0.29) is 11.4 Å². The summed E-state index contributed by atoms with van der Waals surface area (Å²) in [6, 6.07) is -0.143. The molecule has 3 aliphatic rings. The van der Waals surface area contributed by atoms with Crippen LogP contribution in [0.5, 0.6) is 0 Å². The molecule has 0 radical (unpaired) electrons. The zero-order chi connectivity index (χ0) is 10.7. The van der Waals surface area contributed by atoms with Gasteiger partial charge in [-0.3, -0.25) is 0 Å². The fourth-order valence-electron chi connectivity index (χ4n) is 4.04. The Hall–Kier alpha value is 0.850. The fraction of sp³-hybridized carbons (Fsp3) is 1.00. The van der Waals surface area contributed by atoms with Crippen LogP contribution in [0.1, 0.15) is 12.8 Å². The van der Waals surface area contributed by atoms with Crippen molar-refractivity contribution in [3.05, 3.63) is 4.91 Å². The van der Waals surface area contributed by atoms with Gasteiger partial charge in [0.05, 0.1) is 5.38 Å². The Kier molecular flexibility index (Phi) is 2.69. The maximum Gasteiger partial charge on any atom is 0.112 e. The molecule has 5 heteroatoms. The van der Waals surface area contributed by atoms with E-state index in [0.29, 0.717) is 33.3 Å². The smallest absolute Gasteiger partial charge is 0.112 e. The Labute approximate surface area is 111 Å². The molecule has 15 heavy (non-hydrogen) atoms. The normalized spacial score (nSPS) is 62.1. The highest BCUT2D eigenvalue weighted by molar-refractivity contribution is 9.12. The molecule has 0 saturated heterocycles. The van der Waals surface area contributed by atoms with Gasteiger partial charge in [-0.1, -0.05) is 37.0 Å². The van der Waals surface area contributed by atoms with Crippen molar-refractivity contribution >= 4 is 43.5 Å². The van der Waals surface area contributed by atoms with Crippen LogP contribution in [0.15, 0.2) is 5.18 Å². The number of alkyl halides is 3. The van der Waals surface area contributed by atoms with Crippen molar-refractivity contribution in [2.75, 3.05) is 0 Å². The van der Waals surface area contributed by atoms with Crippen LogP contribution in [0.4, 0.5) is 0 Å². The molecule has 0 aromatic heterocycles. The Morgan fingerprint density at radius 2 is 1.87 bits per heavy atom. The molecule has 0 aromatic rings. The molecule has 3 aliphatic carbocycles. The average molecular weight is 357 g/mol. The van der Waals surface area contributed by atoms with E-state index in [4.69, 9.17) is 11.6 Å². The first-order valence-corrected chi connectivity index (χ1v) is 7.66. The van der Waals surface area contributed by atoms with Crippen molar-refractivity contribution in [1.29, 1.82) is 0 Å². The largest absolute Gasteiger partial charge is 0.150 e. The number of hydrogen-bond acceptors (Lipinski definition) is 2. The van der Waals surface area contributed by atoms with Crippen molar-refractivity contribution in [3.8, 4) is 0 Å². The maximum absolute atomic E-state index is 10.8. The van der Waals surface area contributed by atoms with Crippen LogP contribution in [0, 0.1) is 28.6 Å². The third kappa shape index (κ3) is 1.34. The first-order chi connectivity index (χ1) is 7.15. The van der Waals surface area contributed by atoms with Crippen LogP contribution in [-0.2, 0) is 0 Å². The van der Waals surface area contributed by atoms with E-state index < -0.39 is 0 Å². The molecule has 3 rings (SSSR count). The minimum Gasteiger partial charge on any atom is -0.150 e. The van der Waals surface area contributed by atoms with Gasteiger partial charge in [-0.15, -0.1) is 11.6 Å². The standard InChI is InChI=1S/C10H12Br2ClNO/c11-6-2-3-4-1-5(7(3)8(6)12)10(14-15)9(4)13/h3-10H,1-2H2/t3-,4+,5-,6+,7+,8+,9-,10+/m1/s1. The fourth-order valence-corrected chi connectivity index (χ4v) is 6.35. The van der Waals surface area contributed by atoms with Crippen LogP contribution < -0.4 is 0 Å². The Balaban J connectivity index is 1.92. The van der Waals surface area contributed by atoms with Crippen LogP contribution in [0.25, 0.3) is 0 Å². The molecule has 0 aromatic carbocycles. The zero-order valence-corrected chi connectivity index (χ0v) is 12.0. The quantitative estimate of drug-likeness (QED) is 0.521. The molecule has 3 saturated carbocycles. The molecule has 0 aliphatic heterocycles. The van der Waals surface area contributed by atoms with Gasteiger partial charge in [-0.25, -0.2) is 0 Å². The number of nitrogens with zero attached hydrogens (tertiary/aromatic N) is 1. The first-order valence-electron chi connectivity index (χ1n) is 5.40. The van der Waals surface area contributed by atoms with Gasteiger partial charge in [-0.2, -0.15) is 4.91 Å². The molecular weight excluding hydrogens is 345 g/mol. The van der Waals surface area contributed by atoms with Gasteiger partial charge in [0.15, 0.2) is 0 Å². The van der Waals surface area contributed by atoms with E-state index >= 15 is 0 Å². The van der Waals surface area contributed by atoms with Crippen LogP contribution in [-0.4, -0.2) is 21.1 Å². The lowest BCUT2D eigenvalue weighted by Gasteiger charge is -2.32. The summed E-state index contributed by atoms with van der Waals surface area (Å²) in [6.07, 6.45) is 2.30. The minimum absolute atomic E-state index is 0.00810. The summed E-state index contributed by atoms with van der Waals surface area (Å²) in [5, 5.41) is 3.24. The molecule has 2 nitrogen and oxygen atoms in total. The Bertz CT molecular complexity index is 303. The Morgan fingerprint density at radius 3 is 2.53 bits per heavy atom. The maximum atomic E-state index is 10.8. The average Bonchev–Trinajstić information content (AvgIpc) is 2.79. The van der Waals surface area contributed by atoms with E-state index in [9.17, 15) is 4.91 Å². The van der Waals surface area contributed by atoms with Gasteiger partial charge in [0.25, 0.3) is 0 Å². The third-order valence-electron chi connectivity index (χ3n) is 4.59. The second-order valence-electron chi connectivity index (χ2n) is 5.04. The topological polar surface area (TPSA) is 29.4 Å². The predicted molar refractivity (Wildman–Crippen MR) is 67.8 cm³/mol. The minimum atomic E-state index is -0.143. The van der Waals surface area contributed by atoms with Gasteiger partial charge < -0.3 is 0 Å². The second kappa shape index (κ2) is 3.67. The van der Waals surface area contributed by atoms with Crippen molar-refractivity contribution in [2.45, 2.75) is 33.9 Å². The molecular formula is C10H12Br2ClNO. The van der Waals surface area contributed by atoms with Gasteiger partial charge in [0, 0.05) is 9.65 Å². The lowest BCUT2D eigenvalue weighted by atomic mass is 9.79. The van der Waals surface area contributed by atoms with Crippen molar-refractivity contribution < 1.29 is 0 Å². The van der Waals surface area contributed by atoms with Crippen molar-refractivity contribution in [3.63, 3.8) is 0 Å². The monoisotopic (exact) mass is 355 g/mol. The van der Waals surface area contributed by atoms with Crippen molar-refractivity contribution in [2.24, 2.45) is 28.8 Å². The van der Waals surface area contributed by atoms with E-state index in [1.165, 1.54) is 6.42 Å². The number of rotatable bonds is 1. The highest BCUT2D eigenvalue weighted by Crippen LogP contribution is 2.63. The van der Waals surface area contributed by atoms with E-state index in [1.807, 2.05) is 0 Å². The highest BCUT2D eigenvalue weighted by Gasteiger charge is 2.63. The summed E-state index contributed by atoms with van der Waals surface area (Å²) >= 11 is 13.8. The number of halogens is 3. The Morgan fingerprint density at radius 1 is 1.13 bits per heavy atom. The van der Waals surface area contributed by atoms with Gasteiger partial charge >= 0.3 is 0 Å². The second-order valence-corrected chi connectivity index (χ2v) is 7.78. The highest BCUT2D eigenvalue weighted by atomic mass is 79.9. The van der Waals surface area contributed by atoms with Crippen LogP contribution >= 0.6 is 43.5 Å². The molecule has 2 bridgehead atoms. The van der Waals surface area contributed by atoms with Gasteiger partial charge in [-0.05, 0) is 36.5 Å². The van der Waals surface area contributed by atoms with Crippen LogP contribution in [0.2, 0.25) is 0 Å². The summed E-state index contributed by atoms with van der Waals surface area (Å²) in [6.45, 7) is 0. The lowest BCUT2D eigenvalue weighted by molar-refractivity contribution is 0.243. The third-order valence-corrected chi connectivity index (χ3v) is 8.07. The number of fused-ring (bicyclic) bond motifs is 5. The van der Waals surface area contributed by atoms with Crippen molar-refractivity contribution in [1.82, 2.24) is 0 Å². The summed E-state index contributed by atoms with van der Waals surface area (Å²) in [7, 11) is 0. The predicted octanol–water partition coefficient (Wildman–Crippen LogP) is 3.54. The molecule has 3 fully saturated rings. The number of nitroso groups, excluding NO2 is 1. The first kappa shape index (κ1) is 11.0. The summed E-state index contributed by atoms with van der Waals surface area (Å²) in [4.78, 5) is 11.8. The lowest BCUT2D eigenvalue weighted by Crippen LogP contribution is -2.38.